The molecule has 3 aromatic rings. The number of hydrogen-bond acceptors (Lipinski definition) is 7. The second kappa shape index (κ2) is 9.42. The zero-order chi connectivity index (χ0) is 21.9. The minimum Gasteiger partial charge on any atom is -0.497 e. The van der Waals surface area contributed by atoms with Crippen LogP contribution in [0.3, 0.4) is 0 Å². The van der Waals surface area contributed by atoms with Crippen LogP contribution in [0, 0.1) is 0 Å². The molecule has 4 heterocycles. The molecule has 7 nitrogen and oxygen atoms in total. The fourth-order valence-electron chi connectivity index (χ4n) is 4.56. The van der Waals surface area contributed by atoms with Gasteiger partial charge in [-0.15, -0.1) is 11.3 Å². The Bertz CT molecular complexity index is 1080. The molecule has 0 radical (unpaired) electrons. The summed E-state index contributed by atoms with van der Waals surface area (Å²) in [6.07, 6.45) is 6.10. The number of nitrogens with zero attached hydrogens (tertiary/aromatic N) is 4. The summed E-state index contributed by atoms with van der Waals surface area (Å²) in [6.45, 7) is 3.83. The molecule has 0 spiro atoms. The van der Waals surface area contributed by atoms with Crippen LogP contribution in [0.2, 0.25) is 0 Å². The summed E-state index contributed by atoms with van der Waals surface area (Å²) in [5.74, 6) is 1.77. The van der Waals surface area contributed by atoms with E-state index in [-0.39, 0.29) is 12.0 Å². The maximum Gasteiger partial charge on any atom is 0.265 e. The first-order valence-electron chi connectivity index (χ1n) is 11.2. The number of fused-ring (bicyclic) bond motifs is 1. The van der Waals surface area contributed by atoms with Crippen LogP contribution in [0.4, 0.5) is 5.82 Å². The van der Waals surface area contributed by atoms with Crippen LogP contribution in [0.5, 0.6) is 5.75 Å². The van der Waals surface area contributed by atoms with Crippen LogP contribution in [0.15, 0.2) is 36.0 Å². The lowest BCUT2D eigenvalue weighted by atomic mass is 10.1. The molecule has 1 unspecified atom stereocenters. The summed E-state index contributed by atoms with van der Waals surface area (Å²) < 4.78 is 11.3. The standard InChI is InChI=1S/C24H28N4O3S/c1-30-19-7-6-17-11-18(23(26-21(17)12-19)27-8-2-3-9-27)14-28(15-20-5-4-10-31-20)24(29)22-13-25-16-32-22/h6-7,11-13,16,20H,2-5,8-10,14-15H2,1H3. The van der Waals surface area contributed by atoms with Gasteiger partial charge >= 0.3 is 0 Å². The normalized spacial score (nSPS) is 18.4. The van der Waals surface area contributed by atoms with Crippen molar-refractivity contribution in [3.63, 3.8) is 0 Å². The predicted molar refractivity (Wildman–Crippen MR) is 126 cm³/mol. The zero-order valence-corrected chi connectivity index (χ0v) is 19.1. The van der Waals surface area contributed by atoms with Crippen molar-refractivity contribution in [1.82, 2.24) is 14.9 Å². The van der Waals surface area contributed by atoms with E-state index in [2.05, 4.69) is 16.0 Å². The van der Waals surface area contributed by atoms with Crippen LogP contribution < -0.4 is 9.64 Å². The average Bonchev–Trinajstić information content (AvgIpc) is 3.61. The first kappa shape index (κ1) is 21.2. The number of anilines is 1. The topological polar surface area (TPSA) is 67.8 Å². The first-order chi connectivity index (χ1) is 15.7. The first-order valence-corrected chi connectivity index (χ1v) is 12.1. The Morgan fingerprint density at radius 1 is 1.28 bits per heavy atom. The van der Waals surface area contributed by atoms with Gasteiger partial charge in [-0.25, -0.2) is 4.98 Å². The average molecular weight is 453 g/mol. The molecule has 2 aromatic heterocycles. The Kier molecular flexibility index (Phi) is 6.23. The quantitative estimate of drug-likeness (QED) is 0.537. The van der Waals surface area contributed by atoms with E-state index < -0.39 is 0 Å². The molecule has 0 aliphatic carbocycles. The monoisotopic (exact) mass is 452 g/mol. The smallest absolute Gasteiger partial charge is 0.265 e. The number of aromatic nitrogens is 2. The van der Waals surface area contributed by atoms with Crippen molar-refractivity contribution in [2.45, 2.75) is 38.3 Å². The molecule has 1 amide bonds. The van der Waals surface area contributed by atoms with Gasteiger partial charge < -0.3 is 19.3 Å². The number of carbonyl (C=O) groups excluding carboxylic acids is 1. The molecule has 0 saturated carbocycles. The Morgan fingerprint density at radius 3 is 2.88 bits per heavy atom. The zero-order valence-electron chi connectivity index (χ0n) is 18.3. The third-order valence-electron chi connectivity index (χ3n) is 6.23. The molecule has 1 atom stereocenters. The molecule has 2 aliphatic rings. The van der Waals surface area contributed by atoms with Crippen molar-refractivity contribution < 1.29 is 14.3 Å². The summed E-state index contributed by atoms with van der Waals surface area (Å²) >= 11 is 1.38. The predicted octanol–water partition coefficient (Wildman–Crippen LogP) is 4.12. The SMILES string of the molecule is COc1ccc2cc(CN(CC3CCCO3)C(=O)c3cncs3)c(N3CCCC3)nc2c1. The second-order valence-corrected chi connectivity index (χ2v) is 9.30. The highest BCUT2D eigenvalue weighted by molar-refractivity contribution is 7.11. The number of amides is 1. The molecule has 1 aromatic carbocycles. The maximum atomic E-state index is 13.4. The number of pyridine rings is 1. The van der Waals surface area contributed by atoms with Gasteiger partial charge in [-0.1, -0.05) is 0 Å². The minimum atomic E-state index is 0.00481. The summed E-state index contributed by atoms with van der Waals surface area (Å²) in [6, 6.07) is 8.15. The number of hydrogen-bond donors (Lipinski definition) is 0. The number of benzene rings is 1. The van der Waals surface area contributed by atoms with Crippen LogP contribution in [0.25, 0.3) is 10.9 Å². The lowest BCUT2D eigenvalue weighted by Gasteiger charge is -2.28. The summed E-state index contributed by atoms with van der Waals surface area (Å²) in [5, 5.41) is 1.05. The van der Waals surface area contributed by atoms with Crippen LogP contribution >= 0.6 is 11.3 Å². The Balaban J connectivity index is 1.52. The van der Waals surface area contributed by atoms with Crippen molar-refractivity contribution in [1.29, 1.82) is 0 Å². The summed E-state index contributed by atoms with van der Waals surface area (Å²) in [5.41, 5.74) is 3.69. The molecule has 2 fully saturated rings. The van der Waals surface area contributed by atoms with Crippen molar-refractivity contribution in [3.05, 3.63) is 46.4 Å². The Labute approximate surface area is 192 Å². The fraction of sp³-hybridized carbons (Fsp3) is 0.458. The highest BCUT2D eigenvalue weighted by Crippen LogP contribution is 2.30. The van der Waals surface area contributed by atoms with Crippen molar-refractivity contribution >= 4 is 34.0 Å². The Morgan fingerprint density at radius 2 is 2.16 bits per heavy atom. The van der Waals surface area contributed by atoms with E-state index in [4.69, 9.17) is 14.5 Å². The van der Waals surface area contributed by atoms with E-state index >= 15 is 0 Å². The summed E-state index contributed by atoms with van der Waals surface area (Å²) in [7, 11) is 1.67. The number of carbonyl (C=O) groups is 1. The molecule has 2 saturated heterocycles. The van der Waals surface area contributed by atoms with E-state index in [0.717, 1.165) is 73.4 Å². The van der Waals surface area contributed by atoms with Gasteiger partial charge in [0.15, 0.2) is 0 Å². The van der Waals surface area contributed by atoms with Crippen molar-refractivity contribution in [2.24, 2.45) is 0 Å². The second-order valence-electron chi connectivity index (χ2n) is 8.41. The van der Waals surface area contributed by atoms with E-state index in [1.807, 2.05) is 23.1 Å². The molecular formula is C24H28N4O3S. The molecular weight excluding hydrogens is 424 g/mol. The lowest BCUT2D eigenvalue weighted by molar-refractivity contribution is 0.0511. The largest absolute Gasteiger partial charge is 0.497 e. The number of methoxy groups -OCH3 is 1. The van der Waals surface area contributed by atoms with Gasteiger partial charge in [0.25, 0.3) is 5.91 Å². The molecule has 168 valence electrons. The van der Waals surface area contributed by atoms with Gasteiger partial charge in [0, 0.05) is 49.8 Å². The molecule has 0 N–H and O–H groups in total. The number of rotatable bonds is 7. The highest BCUT2D eigenvalue weighted by Gasteiger charge is 2.27. The van der Waals surface area contributed by atoms with E-state index in [0.29, 0.717) is 18.0 Å². The number of ether oxygens (including phenoxy) is 2. The van der Waals surface area contributed by atoms with Gasteiger partial charge in [-0.2, -0.15) is 0 Å². The molecule has 0 bridgehead atoms. The van der Waals surface area contributed by atoms with Gasteiger partial charge in [0.2, 0.25) is 0 Å². The fourth-order valence-corrected chi connectivity index (χ4v) is 5.15. The number of thiazole rings is 1. The Hall–Kier alpha value is -2.71. The van der Waals surface area contributed by atoms with Crippen molar-refractivity contribution in [3.8, 4) is 5.75 Å². The van der Waals surface area contributed by atoms with Gasteiger partial charge in [-0.3, -0.25) is 9.78 Å². The van der Waals surface area contributed by atoms with Gasteiger partial charge in [0.05, 0.1) is 30.4 Å². The molecule has 8 heteroatoms. The van der Waals surface area contributed by atoms with Gasteiger partial charge in [-0.05, 0) is 43.9 Å². The van der Waals surface area contributed by atoms with Gasteiger partial charge in [0.1, 0.15) is 16.4 Å². The van der Waals surface area contributed by atoms with E-state index in [1.54, 1.807) is 18.8 Å². The van der Waals surface area contributed by atoms with Crippen LogP contribution in [-0.4, -0.2) is 60.2 Å². The molecule has 5 rings (SSSR count). The molecule has 32 heavy (non-hydrogen) atoms. The van der Waals surface area contributed by atoms with E-state index in [1.165, 1.54) is 11.3 Å². The lowest BCUT2D eigenvalue weighted by Crippen LogP contribution is -2.37. The van der Waals surface area contributed by atoms with E-state index in [9.17, 15) is 4.79 Å². The third kappa shape index (κ3) is 4.42. The molecule has 2 aliphatic heterocycles. The highest BCUT2D eigenvalue weighted by atomic mass is 32.1. The summed E-state index contributed by atoms with van der Waals surface area (Å²) in [4.78, 5) is 27.4. The van der Waals surface area contributed by atoms with Crippen molar-refractivity contribution in [2.75, 3.05) is 38.3 Å². The third-order valence-corrected chi connectivity index (χ3v) is 6.99. The maximum absolute atomic E-state index is 13.4. The minimum absolute atomic E-state index is 0.00481. The van der Waals surface area contributed by atoms with Crippen LogP contribution in [0.1, 0.15) is 40.9 Å². The van der Waals surface area contributed by atoms with Crippen LogP contribution in [-0.2, 0) is 11.3 Å².